The highest BCUT2D eigenvalue weighted by molar-refractivity contribution is 5.82. The Kier molecular flexibility index (Phi) is 3.60. The zero-order valence-electron chi connectivity index (χ0n) is 11.7. The highest BCUT2D eigenvalue weighted by Crippen LogP contribution is 2.30. The predicted octanol–water partition coefficient (Wildman–Crippen LogP) is 2.71. The number of nitrogens with zero attached hydrogens (tertiary/aromatic N) is 2. The van der Waals surface area contributed by atoms with Gasteiger partial charge in [-0.3, -0.25) is 10.3 Å². The number of fused-ring (bicyclic) bond motifs is 1. The molecule has 3 nitrogen and oxygen atoms in total. The van der Waals surface area contributed by atoms with E-state index in [1.165, 1.54) is 58.0 Å². The molecule has 0 radical (unpaired) electrons. The van der Waals surface area contributed by atoms with Gasteiger partial charge >= 0.3 is 0 Å². The minimum absolute atomic E-state index is 0.549. The van der Waals surface area contributed by atoms with Crippen LogP contribution in [0.2, 0.25) is 0 Å². The Bertz CT molecular complexity index is 309. The molecule has 0 aromatic carbocycles. The molecule has 3 rings (SSSR count). The Morgan fingerprint density at radius 2 is 1.72 bits per heavy atom. The molecule has 0 aromatic heterocycles. The predicted molar refractivity (Wildman–Crippen MR) is 75.1 cm³/mol. The summed E-state index contributed by atoms with van der Waals surface area (Å²) < 4.78 is 0. The van der Waals surface area contributed by atoms with Crippen LogP contribution in [0.3, 0.4) is 0 Å². The number of piperazine rings is 1. The first-order chi connectivity index (χ1) is 8.75. The zero-order valence-corrected chi connectivity index (χ0v) is 11.7. The molecule has 1 saturated carbocycles. The Hall–Kier alpha value is -0.570. The molecule has 2 unspecified atom stereocenters. The second-order valence-corrected chi connectivity index (χ2v) is 6.51. The van der Waals surface area contributed by atoms with Gasteiger partial charge in [-0.15, -0.1) is 0 Å². The van der Waals surface area contributed by atoms with E-state index in [9.17, 15) is 0 Å². The highest BCUT2D eigenvalue weighted by Gasteiger charge is 2.36. The maximum Gasteiger partial charge on any atom is 0.0992 e. The summed E-state index contributed by atoms with van der Waals surface area (Å²) in [7, 11) is 0. The molecule has 2 atom stereocenters. The van der Waals surface area contributed by atoms with Crippen molar-refractivity contribution in [1.29, 1.82) is 5.41 Å². The fourth-order valence-electron chi connectivity index (χ4n) is 4.12. The molecule has 0 amide bonds. The van der Waals surface area contributed by atoms with Crippen molar-refractivity contribution in [2.24, 2.45) is 5.92 Å². The van der Waals surface area contributed by atoms with Crippen molar-refractivity contribution in [3.8, 4) is 0 Å². The molecule has 0 bridgehead atoms. The number of rotatable bonds is 1. The van der Waals surface area contributed by atoms with Crippen LogP contribution in [0.5, 0.6) is 0 Å². The Balaban J connectivity index is 1.66. The Morgan fingerprint density at radius 3 is 2.50 bits per heavy atom. The zero-order chi connectivity index (χ0) is 12.5. The summed E-state index contributed by atoms with van der Waals surface area (Å²) in [5.74, 6) is 1.54. The van der Waals surface area contributed by atoms with E-state index in [0.717, 1.165) is 18.4 Å². The van der Waals surface area contributed by atoms with Gasteiger partial charge in [0.05, 0.1) is 5.84 Å². The second-order valence-electron chi connectivity index (χ2n) is 6.51. The lowest BCUT2D eigenvalue weighted by atomic mass is 9.95. The first-order valence-electron chi connectivity index (χ1n) is 7.85. The van der Waals surface area contributed by atoms with Gasteiger partial charge in [0.2, 0.25) is 0 Å². The molecule has 18 heavy (non-hydrogen) atoms. The van der Waals surface area contributed by atoms with Gasteiger partial charge in [-0.1, -0.05) is 19.3 Å². The van der Waals surface area contributed by atoms with E-state index in [-0.39, 0.29) is 0 Å². The lowest BCUT2D eigenvalue weighted by Crippen LogP contribution is -2.60. The Labute approximate surface area is 111 Å². The van der Waals surface area contributed by atoms with Gasteiger partial charge in [0.1, 0.15) is 0 Å². The van der Waals surface area contributed by atoms with Crippen LogP contribution in [0.15, 0.2) is 0 Å². The van der Waals surface area contributed by atoms with Crippen LogP contribution in [0, 0.1) is 11.3 Å². The molecule has 1 N–H and O–H groups in total. The second kappa shape index (κ2) is 5.20. The van der Waals surface area contributed by atoms with E-state index in [1.54, 1.807) is 0 Å². The maximum absolute atomic E-state index is 8.52. The van der Waals surface area contributed by atoms with E-state index >= 15 is 0 Å². The average molecular weight is 249 g/mol. The summed E-state index contributed by atoms with van der Waals surface area (Å²) in [5, 5.41) is 8.52. The number of piperidine rings is 1. The van der Waals surface area contributed by atoms with E-state index < -0.39 is 0 Å². The summed E-state index contributed by atoms with van der Waals surface area (Å²) in [6.07, 6.45) is 9.31. The van der Waals surface area contributed by atoms with Crippen molar-refractivity contribution in [3.05, 3.63) is 0 Å². The van der Waals surface area contributed by atoms with E-state index in [4.69, 9.17) is 5.41 Å². The molecular weight excluding hydrogens is 222 g/mol. The summed E-state index contributed by atoms with van der Waals surface area (Å²) in [5.41, 5.74) is 0. The van der Waals surface area contributed by atoms with Crippen molar-refractivity contribution in [3.63, 3.8) is 0 Å². The normalized spacial score (nSPS) is 34.6. The summed E-state index contributed by atoms with van der Waals surface area (Å²) >= 11 is 0. The number of amidine groups is 1. The first kappa shape index (κ1) is 12.5. The van der Waals surface area contributed by atoms with Crippen LogP contribution in [0.1, 0.15) is 51.9 Å². The fourth-order valence-corrected chi connectivity index (χ4v) is 4.12. The molecule has 102 valence electrons. The van der Waals surface area contributed by atoms with Crippen LogP contribution >= 0.6 is 0 Å². The summed E-state index contributed by atoms with van der Waals surface area (Å²) in [4.78, 5) is 5.11. The Morgan fingerprint density at radius 1 is 1.00 bits per heavy atom. The minimum atomic E-state index is 0.549. The van der Waals surface area contributed by atoms with Crippen LogP contribution in [0.25, 0.3) is 0 Å². The molecule has 2 aliphatic heterocycles. The molecule has 2 saturated heterocycles. The van der Waals surface area contributed by atoms with Crippen LogP contribution < -0.4 is 0 Å². The van der Waals surface area contributed by atoms with Crippen molar-refractivity contribution in [2.75, 3.05) is 19.6 Å². The van der Waals surface area contributed by atoms with Gasteiger partial charge in [0.25, 0.3) is 0 Å². The molecule has 0 aromatic rings. The summed E-state index contributed by atoms with van der Waals surface area (Å²) in [6.45, 7) is 5.91. The van der Waals surface area contributed by atoms with Gasteiger partial charge in [0, 0.05) is 31.1 Å². The third-order valence-electron chi connectivity index (χ3n) is 5.24. The van der Waals surface area contributed by atoms with Crippen molar-refractivity contribution < 1.29 is 0 Å². The standard InChI is InChI=1S/C15H27N3/c1-12-10-17-9-5-4-8-14(17)11-18(12)15(16)13-6-2-3-7-13/h12-14,16H,2-11H2,1H3. The monoisotopic (exact) mass is 249 g/mol. The lowest BCUT2D eigenvalue weighted by Gasteiger charge is -2.49. The van der Waals surface area contributed by atoms with E-state index in [1.807, 2.05) is 0 Å². The van der Waals surface area contributed by atoms with Crippen molar-refractivity contribution in [1.82, 2.24) is 9.80 Å². The fraction of sp³-hybridized carbons (Fsp3) is 0.933. The van der Waals surface area contributed by atoms with Crippen molar-refractivity contribution in [2.45, 2.75) is 64.0 Å². The molecule has 2 heterocycles. The molecule has 3 fully saturated rings. The third-order valence-corrected chi connectivity index (χ3v) is 5.24. The summed E-state index contributed by atoms with van der Waals surface area (Å²) in [6, 6.07) is 1.28. The van der Waals surface area contributed by atoms with Crippen LogP contribution in [0.4, 0.5) is 0 Å². The number of hydrogen-bond acceptors (Lipinski definition) is 2. The quantitative estimate of drug-likeness (QED) is 0.572. The van der Waals surface area contributed by atoms with Gasteiger partial charge in [0.15, 0.2) is 0 Å². The number of nitrogens with one attached hydrogen (secondary N) is 1. The first-order valence-corrected chi connectivity index (χ1v) is 7.85. The molecule has 3 aliphatic rings. The largest absolute Gasteiger partial charge is 0.355 e. The van der Waals surface area contributed by atoms with Crippen molar-refractivity contribution >= 4 is 5.84 Å². The molecular formula is C15H27N3. The van der Waals surface area contributed by atoms with Gasteiger partial charge in [-0.05, 0) is 39.2 Å². The van der Waals surface area contributed by atoms with Gasteiger partial charge < -0.3 is 4.90 Å². The van der Waals surface area contributed by atoms with E-state index in [0.29, 0.717) is 12.0 Å². The number of hydrogen-bond donors (Lipinski definition) is 1. The van der Waals surface area contributed by atoms with Crippen LogP contribution in [-0.2, 0) is 0 Å². The van der Waals surface area contributed by atoms with Crippen LogP contribution in [-0.4, -0.2) is 47.4 Å². The smallest absolute Gasteiger partial charge is 0.0992 e. The topological polar surface area (TPSA) is 30.3 Å². The average Bonchev–Trinajstić information content (AvgIpc) is 2.91. The van der Waals surface area contributed by atoms with E-state index in [2.05, 4.69) is 16.7 Å². The highest BCUT2D eigenvalue weighted by atomic mass is 15.3. The third kappa shape index (κ3) is 2.29. The SMILES string of the molecule is CC1CN2CCCCC2CN1C(=N)C1CCCC1. The molecule has 1 aliphatic carbocycles. The molecule has 0 spiro atoms. The maximum atomic E-state index is 8.52. The molecule has 3 heteroatoms. The minimum Gasteiger partial charge on any atom is -0.355 e. The van der Waals surface area contributed by atoms with Gasteiger partial charge in [-0.2, -0.15) is 0 Å². The van der Waals surface area contributed by atoms with Gasteiger partial charge in [-0.25, -0.2) is 0 Å². The lowest BCUT2D eigenvalue weighted by molar-refractivity contribution is 0.0475.